The van der Waals surface area contributed by atoms with Crippen LogP contribution in [0.1, 0.15) is 12.8 Å². The third-order valence-electron chi connectivity index (χ3n) is 2.54. The van der Waals surface area contributed by atoms with Crippen molar-refractivity contribution < 1.29 is 4.39 Å². The number of benzene rings is 1. The fourth-order valence-corrected chi connectivity index (χ4v) is 1.89. The molecule has 1 fully saturated rings. The number of nitrogens with zero attached hydrogens (tertiary/aromatic N) is 4. The molecule has 2 rings (SSSR count). The van der Waals surface area contributed by atoms with Crippen LogP contribution in [0.5, 0.6) is 0 Å². The summed E-state index contributed by atoms with van der Waals surface area (Å²) in [5.41, 5.74) is 9.21. The molecular weight excluding hydrogens is 195 g/mol. The number of para-hydroxylation sites is 1. The predicted molar refractivity (Wildman–Crippen MR) is 56.7 cm³/mol. The SMILES string of the molecule is [N-]=[N+]=Nc1cccc(F)c1N1CCCC1. The molecule has 1 aromatic carbocycles. The van der Waals surface area contributed by atoms with Crippen LogP contribution in [0.15, 0.2) is 23.3 Å². The van der Waals surface area contributed by atoms with Gasteiger partial charge in [-0.1, -0.05) is 17.2 Å². The molecule has 0 spiro atoms. The van der Waals surface area contributed by atoms with Gasteiger partial charge in [0.2, 0.25) is 0 Å². The van der Waals surface area contributed by atoms with Gasteiger partial charge in [0, 0.05) is 18.0 Å². The van der Waals surface area contributed by atoms with Gasteiger partial charge in [0.25, 0.3) is 0 Å². The highest BCUT2D eigenvalue weighted by atomic mass is 19.1. The number of hydrogen-bond acceptors (Lipinski definition) is 2. The van der Waals surface area contributed by atoms with Crippen molar-refractivity contribution in [3.63, 3.8) is 0 Å². The van der Waals surface area contributed by atoms with Gasteiger partial charge in [0.1, 0.15) is 5.82 Å². The van der Waals surface area contributed by atoms with Crippen LogP contribution in [0.25, 0.3) is 10.4 Å². The zero-order chi connectivity index (χ0) is 10.7. The average molecular weight is 206 g/mol. The first-order chi connectivity index (χ1) is 7.33. The molecule has 5 heteroatoms. The largest absolute Gasteiger partial charge is 0.369 e. The normalized spacial score (nSPS) is 15.1. The quantitative estimate of drug-likeness (QED) is 0.415. The first-order valence-electron chi connectivity index (χ1n) is 4.91. The average Bonchev–Trinajstić information content (AvgIpc) is 2.71. The monoisotopic (exact) mass is 206 g/mol. The van der Waals surface area contributed by atoms with E-state index in [0.717, 1.165) is 25.9 Å². The highest BCUT2D eigenvalue weighted by Gasteiger charge is 2.18. The minimum absolute atomic E-state index is 0.318. The second-order valence-electron chi connectivity index (χ2n) is 3.49. The van der Waals surface area contributed by atoms with Gasteiger partial charge < -0.3 is 4.90 Å². The van der Waals surface area contributed by atoms with E-state index in [1.54, 1.807) is 12.1 Å². The zero-order valence-corrected chi connectivity index (χ0v) is 8.23. The Hall–Kier alpha value is -1.74. The summed E-state index contributed by atoms with van der Waals surface area (Å²) in [5, 5.41) is 3.51. The van der Waals surface area contributed by atoms with E-state index in [-0.39, 0.29) is 5.82 Å². The van der Waals surface area contributed by atoms with Crippen LogP contribution in [-0.4, -0.2) is 13.1 Å². The minimum Gasteiger partial charge on any atom is -0.369 e. The Bertz CT molecular complexity index is 406. The van der Waals surface area contributed by atoms with Gasteiger partial charge in [-0.3, -0.25) is 0 Å². The van der Waals surface area contributed by atoms with Gasteiger partial charge in [-0.2, -0.15) is 0 Å². The number of anilines is 1. The lowest BCUT2D eigenvalue weighted by Gasteiger charge is -2.20. The molecule has 78 valence electrons. The second kappa shape index (κ2) is 4.19. The third kappa shape index (κ3) is 1.87. The Balaban J connectivity index is 2.45. The summed E-state index contributed by atoms with van der Waals surface area (Å²) in [5.74, 6) is -0.318. The van der Waals surface area contributed by atoms with E-state index in [1.165, 1.54) is 6.07 Å². The van der Waals surface area contributed by atoms with Gasteiger partial charge in [-0.15, -0.1) is 0 Å². The predicted octanol–water partition coefficient (Wildman–Crippen LogP) is 3.37. The molecule has 1 aliphatic heterocycles. The number of halogens is 1. The van der Waals surface area contributed by atoms with E-state index >= 15 is 0 Å². The van der Waals surface area contributed by atoms with Crippen molar-refractivity contribution in [2.75, 3.05) is 18.0 Å². The molecule has 1 aliphatic rings. The Morgan fingerprint density at radius 1 is 1.33 bits per heavy atom. The lowest BCUT2D eigenvalue weighted by atomic mass is 10.2. The van der Waals surface area contributed by atoms with E-state index in [4.69, 9.17) is 5.53 Å². The standard InChI is InChI=1S/C10H11FN4/c11-8-4-3-5-9(13-14-12)10(8)15-6-1-2-7-15/h3-5H,1-2,6-7H2. The molecule has 0 N–H and O–H groups in total. The van der Waals surface area contributed by atoms with Crippen LogP contribution in [0.4, 0.5) is 15.8 Å². The molecule has 0 aliphatic carbocycles. The summed E-state index contributed by atoms with van der Waals surface area (Å²) in [4.78, 5) is 4.64. The van der Waals surface area contributed by atoms with Gasteiger partial charge >= 0.3 is 0 Å². The zero-order valence-electron chi connectivity index (χ0n) is 8.23. The van der Waals surface area contributed by atoms with Gasteiger partial charge in [-0.05, 0) is 24.4 Å². The lowest BCUT2D eigenvalue weighted by molar-refractivity contribution is 0.623. The Kier molecular flexibility index (Phi) is 2.74. The fourth-order valence-electron chi connectivity index (χ4n) is 1.89. The van der Waals surface area contributed by atoms with Crippen molar-refractivity contribution >= 4 is 11.4 Å². The fraction of sp³-hybridized carbons (Fsp3) is 0.400. The van der Waals surface area contributed by atoms with E-state index in [0.29, 0.717) is 11.4 Å². The molecule has 0 radical (unpaired) electrons. The van der Waals surface area contributed by atoms with Gasteiger partial charge in [-0.25, -0.2) is 4.39 Å². The molecule has 0 amide bonds. The van der Waals surface area contributed by atoms with Crippen molar-refractivity contribution in [1.29, 1.82) is 0 Å². The summed E-state index contributed by atoms with van der Waals surface area (Å²) in [7, 11) is 0. The summed E-state index contributed by atoms with van der Waals surface area (Å²) >= 11 is 0. The minimum atomic E-state index is -0.318. The molecule has 0 aromatic heterocycles. The first-order valence-corrected chi connectivity index (χ1v) is 4.91. The van der Waals surface area contributed by atoms with E-state index in [2.05, 4.69) is 10.0 Å². The van der Waals surface area contributed by atoms with E-state index in [1.807, 2.05) is 4.90 Å². The van der Waals surface area contributed by atoms with Crippen molar-refractivity contribution in [2.45, 2.75) is 12.8 Å². The molecular formula is C10H11FN4. The maximum atomic E-state index is 13.6. The van der Waals surface area contributed by atoms with Crippen LogP contribution in [0.3, 0.4) is 0 Å². The highest BCUT2D eigenvalue weighted by molar-refractivity contribution is 5.67. The maximum Gasteiger partial charge on any atom is 0.146 e. The van der Waals surface area contributed by atoms with Crippen LogP contribution in [0.2, 0.25) is 0 Å². The molecule has 0 saturated carbocycles. The van der Waals surface area contributed by atoms with Crippen LogP contribution < -0.4 is 4.90 Å². The molecule has 0 atom stereocenters. The molecule has 1 saturated heterocycles. The number of azide groups is 1. The lowest BCUT2D eigenvalue weighted by Crippen LogP contribution is -2.19. The van der Waals surface area contributed by atoms with Crippen LogP contribution in [0, 0.1) is 5.82 Å². The van der Waals surface area contributed by atoms with E-state index in [9.17, 15) is 4.39 Å². The molecule has 1 heterocycles. The number of hydrogen-bond donors (Lipinski definition) is 0. The Morgan fingerprint density at radius 3 is 2.73 bits per heavy atom. The van der Waals surface area contributed by atoms with Crippen molar-refractivity contribution in [1.82, 2.24) is 0 Å². The molecule has 0 bridgehead atoms. The summed E-state index contributed by atoms with van der Waals surface area (Å²) in [6, 6.07) is 4.58. The van der Waals surface area contributed by atoms with E-state index < -0.39 is 0 Å². The van der Waals surface area contributed by atoms with Crippen molar-refractivity contribution in [3.8, 4) is 0 Å². The Morgan fingerprint density at radius 2 is 2.07 bits per heavy atom. The second-order valence-corrected chi connectivity index (χ2v) is 3.49. The Labute approximate surface area is 86.9 Å². The van der Waals surface area contributed by atoms with Crippen LogP contribution in [-0.2, 0) is 0 Å². The molecule has 15 heavy (non-hydrogen) atoms. The molecule has 4 nitrogen and oxygen atoms in total. The molecule has 0 unspecified atom stereocenters. The van der Waals surface area contributed by atoms with Crippen molar-refractivity contribution in [2.24, 2.45) is 5.11 Å². The van der Waals surface area contributed by atoms with Gasteiger partial charge in [0.05, 0.1) is 11.4 Å². The topological polar surface area (TPSA) is 52.0 Å². The molecule has 1 aromatic rings. The summed E-state index contributed by atoms with van der Waals surface area (Å²) in [6.45, 7) is 1.66. The third-order valence-corrected chi connectivity index (χ3v) is 2.54. The van der Waals surface area contributed by atoms with Gasteiger partial charge in [0.15, 0.2) is 0 Å². The highest BCUT2D eigenvalue weighted by Crippen LogP contribution is 2.33. The smallest absolute Gasteiger partial charge is 0.146 e. The first kappa shape index (κ1) is 9.80. The number of rotatable bonds is 2. The van der Waals surface area contributed by atoms with Crippen molar-refractivity contribution in [3.05, 3.63) is 34.5 Å². The summed E-state index contributed by atoms with van der Waals surface area (Å²) < 4.78 is 13.6. The summed E-state index contributed by atoms with van der Waals surface area (Å²) in [6.07, 6.45) is 2.12. The van der Waals surface area contributed by atoms with Crippen LogP contribution >= 0.6 is 0 Å². The maximum absolute atomic E-state index is 13.6.